The van der Waals surface area contributed by atoms with Crippen molar-refractivity contribution in [3.8, 4) is 11.8 Å². The molecule has 1 rings (SSSR count). The number of ketones is 1. The number of nitrogens with zero attached hydrogens (tertiary/aromatic N) is 1. The molecule has 90 valence electrons. The zero-order chi connectivity index (χ0) is 13.5. The molecule has 0 fully saturated rings. The van der Waals surface area contributed by atoms with Crippen LogP contribution < -0.4 is 4.74 Å². The maximum Gasteiger partial charge on any atom is 0.335 e. The summed E-state index contributed by atoms with van der Waals surface area (Å²) in [6, 6.07) is 8.25. The predicted molar refractivity (Wildman–Crippen MR) is 66.5 cm³/mol. The lowest BCUT2D eigenvalue weighted by atomic mass is 10.1. The van der Waals surface area contributed by atoms with Crippen LogP contribution in [0.25, 0.3) is 6.08 Å². The van der Waals surface area contributed by atoms with Gasteiger partial charge in [-0.05, 0) is 30.7 Å². The zero-order valence-corrected chi connectivity index (χ0v) is 9.84. The summed E-state index contributed by atoms with van der Waals surface area (Å²) in [7, 11) is 0. The van der Waals surface area contributed by atoms with E-state index in [1.54, 1.807) is 24.3 Å². The quantitative estimate of drug-likeness (QED) is 0.351. The number of allylic oxidation sites excluding steroid dienone is 1. The fourth-order valence-electron chi connectivity index (χ4n) is 1.17. The van der Waals surface area contributed by atoms with Gasteiger partial charge in [-0.3, -0.25) is 4.79 Å². The molecule has 0 aliphatic carbocycles. The number of rotatable bonds is 4. The van der Waals surface area contributed by atoms with Gasteiger partial charge in [-0.15, -0.1) is 0 Å². The normalized spacial score (nSPS) is 10.3. The first-order valence-electron chi connectivity index (χ1n) is 5.14. The van der Waals surface area contributed by atoms with Crippen LogP contribution in [0, 0.1) is 11.3 Å². The van der Waals surface area contributed by atoms with E-state index in [1.165, 1.54) is 13.0 Å². The van der Waals surface area contributed by atoms with Gasteiger partial charge < -0.3 is 4.74 Å². The number of nitriles is 1. The molecule has 4 nitrogen and oxygen atoms in total. The van der Waals surface area contributed by atoms with Crippen molar-refractivity contribution in [3.05, 3.63) is 48.1 Å². The predicted octanol–water partition coefficient (Wildman–Crippen LogP) is 2.27. The average Bonchev–Trinajstić information content (AvgIpc) is 2.37. The van der Waals surface area contributed by atoms with Crippen LogP contribution in [0.2, 0.25) is 0 Å². The van der Waals surface area contributed by atoms with Gasteiger partial charge in [-0.25, -0.2) is 4.79 Å². The number of hydrogen-bond donors (Lipinski definition) is 0. The van der Waals surface area contributed by atoms with Crippen molar-refractivity contribution < 1.29 is 14.3 Å². The highest BCUT2D eigenvalue weighted by atomic mass is 16.5. The van der Waals surface area contributed by atoms with Crippen molar-refractivity contribution >= 4 is 17.8 Å². The summed E-state index contributed by atoms with van der Waals surface area (Å²) >= 11 is 0. The Balaban J connectivity index is 2.90. The third kappa shape index (κ3) is 3.72. The monoisotopic (exact) mass is 241 g/mol. The zero-order valence-electron chi connectivity index (χ0n) is 9.84. The maximum atomic E-state index is 11.1. The van der Waals surface area contributed by atoms with Crippen LogP contribution in [0.5, 0.6) is 5.75 Å². The molecule has 0 aromatic heterocycles. The van der Waals surface area contributed by atoms with Gasteiger partial charge in [-0.1, -0.05) is 18.7 Å². The van der Waals surface area contributed by atoms with Gasteiger partial charge in [0, 0.05) is 6.08 Å². The summed E-state index contributed by atoms with van der Waals surface area (Å²) in [4.78, 5) is 22.0. The number of esters is 1. The molecule has 1 aromatic carbocycles. The highest BCUT2D eigenvalue weighted by Crippen LogP contribution is 2.15. The maximum absolute atomic E-state index is 11.1. The minimum absolute atomic E-state index is 0.0748. The smallest absolute Gasteiger partial charge is 0.335 e. The highest BCUT2D eigenvalue weighted by molar-refractivity contribution is 6.01. The van der Waals surface area contributed by atoms with Crippen molar-refractivity contribution in [2.45, 2.75) is 6.92 Å². The Bertz CT molecular complexity index is 547. The summed E-state index contributed by atoms with van der Waals surface area (Å²) < 4.78 is 4.89. The molecule has 0 N–H and O–H groups in total. The van der Waals surface area contributed by atoms with Gasteiger partial charge >= 0.3 is 5.97 Å². The lowest BCUT2D eigenvalue weighted by Crippen LogP contribution is -2.02. The first kappa shape index (κ1) is 13.4. The third-order valence-electron chi connectivity index (χ3n) is 2.08. The molecule has 1 aromatic rings. The summed E-state index contributed by atoms with van der Waals surface area (Å²) in [5.74, 6) is -0.460. The molecular formula is C14H11NO3. The Morgan fingerprint density at radius 2 is 1.94 bits per heavy atom. The summed E-state index contributed by atoms with van der Waals surface area (Å²) in [5.41, 5.74) is 0.756. The van der Waals surface area contributed by atoms with Crippen molar-refractivity contribution in [3.63, 3.8) is 0 Å². The molecular weight excluding hydrogens is 230 g/mol. The minimum Gasteiger partial charge on any atom is -0.423 e. The largest absolute Gasteiger partial charge is 0.423 e. The standard InChI is InChI=1S/C14H11NO3/c1-3-14(17)18-13-6-4-11(5-7-13)8-12(9-15)10(2)16/h3-8H,1H2,2H3/b12-8+. The number of carbonyl (C=O) groups excluding carboxylic acids is 2. The summed E-state index contributed by atoms with van der Waals surface area (Å²) in [5, 5.41) is 8.74. The number of benzene rings is 1. The van der Waals surface area contributed by atoms with Crippen molar-refractivity contribution in [1.29, 1.82) is 5.26 Å². The highest BCUT2D eigenvalue weighted by Gasteiger charge is 2.03. The summed E-state index contributed by atoms with van der Waals surface area (Å²) in [6.07, 6.45) is 2.54. The van der Waals surface area contributed by atoms with Gasteiger partial charge in [0.25, 0.3) is 0 Å². The molecule has 4 heteroatoms. The number of hydrogen-bond acceptors (Lipinski definition) is 4. The van der Waals surface area contributed by atoms with E-state index in [9.17, 15) is 9.59 Å². The Morgan fingerprint density at radius 1 is 1.33 bits per heavy atom. The van der Waals surface area contributed by atoms with Gasteiger partial charge in [0.05, 0.1) is 5.57 Å². The van der Waals surface area contributed by atoms with Crippen LogP contribution in [0.3, 0.4) is 0 Å². The molecule has 0 bridgehead atoms. The van der Waals surface area contributed by atoms with Gasteiger partial charge in [0.15, 0.2) is 5.78 Å². The second-order valence-electron chi connectivity index (χ2n) is 3.42. The summed E-state index contributed by atoms with van der Waals surface area (Å²) in [6.45, 7) is 4.62. The number of ether oxygens (including phenoxy) is 1. The molecule has 0 radical (unpaired) electrons. The number of carbonyl (C=O) groups is 2. The SMILES string of the molecule is C=CC(=O)Oc1ccc(/C=C(\C#N)C(C)=O)cc1. The third-order valence-corrected chi connectivity index (χ3v) is 2.08. The van der Waals surface area contributed by atoms with Crippen molar-refractivity contribution in [2.75, 3.05) is 0 Å². The van der Waals surface area contributed by atoms with E-state index in [4.69, 9.17) is 10.00 Å². The van der Waals surface area contributed by atoms with E-state index in [0.717, 1.165) is 6.08 Å². The van der Waals surface area contributed by atoms with E-state index < -0.39 is 5.97 Å². The van der Waals surface area contributed by atoms with E-state index in [-0.39, 0.29) is 11.4 Å². The van der Waals surface area contributed by atoms with Gasteiger partial charge in [0.1, 0.15) is 11.8 Å². The van der Waals surface area contributed by atoms with E-state index in [2.05, 4.69) is 6.58 Å². The van der Waals surface area contributed by atoms with E-state index in [1.807, 2.05) is 6.07 Å². The average molecular weight is 241 g/mol. The number of Topliss-reactive ketones (excluding diaryl/α,β-unsaturated/α-hetero) is 1. The fraction of sp³-hybridized carbons (Fsp3) is 0.0714. The topological polar surface area (TPSA) is 67.2 Å². The van der Waals surface area contributed by atoms with Crippen molar-refractivity contribution in [2.24, 2.45) is 0 Å². The molecule has 18 heavy (non-hydrogen) atoms. The van der Waals surface area contributed by atoms with Crippen LogP contribution in [0.4, 0.5) is 0 Å². The first-order chi connectivity index (χ1) is 8.56. The Morgan fingerprint density at radius 3 is 2.39 bits per heavy atom. The van der Waals surface area contributed by atoms with E-state index in [0.29, 0.717) is 11.3 Å². The Hall–Kier alpha value is -2.67. The molecule has 0 heterocycles. The molecule has 0 spiro atoms. The van der Waals surface area contributed by atoms with Crippen LogP contribution >= 0.6 is 0 Å². The Labute approximate surface area is 105 Å². The van der Waals surface area contributed by atoms with Crippen LogP contribution in [0.1, 0.15) is 12.5 Å². The van der Waals surface area contributed by atoms with Crippen LogP contribution in [0.15, 0.2) is 42.5 Å². The molecule has 0 saturated carbocycles. The Kier molecular flexibility index (Phi) is 4.58. The van der Waals surface area contributed by atoms with Gasteiger partial charge in [-0.2, -0.15) is 5.26 Å². The first-order valence-corrected chi connectivity index (χ1v) is 5.14. The lowest BCUT2D eigenvalue weighted by molar-refractivity contribution is -0.129. The van der Waals surface area contributed by atoms with Crippen molar-refractivity contribution in [1.82, 2.24) is 0 Å². The molecule has 0 atom stereocenters. The molecule has 0 unspecified atom stereocenters. The minimum atomic E-state index is -0.542. The molecule has 0 saturated heterocycles. The molecule has 0 amide bonds. The second kappa shape index (κ2) is 6.16. The lowest BCUT2D eigenvalue weighted by Gasteiger charge is -2.01. The van der Waals surface area contributed by atoms with E-state index >= 15 is 0 Å². The van der Waals surface area contributed by atoms with Gasteiger partial charge in [0.2, 0.25) is 0 Å². The molecule has 0 aliphatic heterocycles. The van der Waals surface area contributed by atoms with Crippen LogP contribution in [-0.2, 0) is 9.59 Å². The van der Waals surface area contributed by atoms with Crippen LogP contribution in [-0.4, -0.2) is 11.8 Å². The second-order valence-corrected chi connectivity index (χ2v) is 3.42. The fourth-order valence-corrected chi connectivity index (χ4v) is 1.17. The molecule has 0 aliphatic rings.